The lowest BCUT2D eigenvalue weighted by Gasteiger charge is -2.24. The van der Waals surface area contributed by atoms with Crippen LogP contribution in [0, 0.1) is 10.1 Å². The molecule has 0 radical (unpaired) electrons. The molecule has 21 heavy (non-hydrogen) atoms. The van der Waals surface area contributed by atoms with Crippen LogP contribution in [0.4, 0.5) is 11.4 Å². The molecule has 0 amide bonds. The first-order valence-corrected chi connectivity index (χ1v) is 6.91. The third kappa shape index (κ3) is 3.10. The van der Waals surface area contributed by atoms with E-state index in [0.717, 1.165) is 31.9 Å². The molecule has 1 aromatic heterocycles. The molecular weight excluding hydrogens is 274 g/mol. The normalized spacial score (nSPS) is 11.2. The van der Waals surface area contributed by atoms with Crippen molar-refractivity contribution in [2.45, 2.75) is 13.8 Å². The maximum absolute atomic E-state index is 11.0. The smallest absolute Gasteiger partial charge is 0.300 e. The minimum absolute atomic E-state index is 0.0906. The first kappa shape index (κ1) is 15.2. The van der Waals surface area contributed by atoms with Gasteiger partial charge in [-0.25, -0.2) is 4.63 Å². The maximum atomic E-state index is 11.0. The monoisotopic (exact) mass is 293 g/mol. The summed E-state index contributed by atoms with van der Waals surface area (Å²) in [4.78, 5) is 14.8. The van der Waals surface area contributed by atoms with Crippen LogP contribution >= 0.6 is 0 Å². The molecule has 0 N–H and O–H groups in total. The molecule has 0 atom stereocenters. The summed E-state index contributed by atoms with van der Waals surface area (Å²) in [6, 6.07) is 3.13. The number of aromatic nitrogens is 2. The molecule has 0 aliphatic carbocycles. The number of hydrogen-bond donors (Lipinski definition) is 0. The molecule has 8 nitrogen and oxygen atoms in total. The number of non-ortho nitro benzene ring substituents is 1. The quantitative estimate of drug-likeness (QED) is 0.569. The third-order valence-electron chi connectivity index (χ3n) is 3.63. The Bertz CT molecular complexity index is 623. The van der Waals surface area contributed by atoms with Crippen molar-refractivity contribution in [3.05, 3.63) is 22.2 Å². The van der Waals surface area contributed by atoms with Crippen molar-refractivity contribution in [2.75, 3.05) is 38.1 Å². The molecule has 0 aliphatic rings. The van der Waals surface area contributed by atoms with E-state index in [4.69, 9.17) is 0 Å². The minimum Gasteiger partial charge on any atom is -0.371 e. The minimum atomic E-state index is -0.480. The molecule has 2 rings (SSSR count). The Morgan fingerprint density at radius 3 is 2.48 bits per heavy atom. The lowest BCUT2D eigenvalue weighted by atomic mass is 10.2. The molecule has 0 fully saturated rings. The zero-order valence-corrected chi connectivity index (χ0v) is 12.4. The van der Waals surface area contributed by atoms with Crippen LogP contribution in [0.25, 0.3) is 11.0 Å². The van der Waals surface area contributed by atoms with Crippen LogP contribution in [0.15, 0.2) is 16.8 Å². The summed E-state index contributed by atoms with van der Waals surface area (Å²) in [6.45, 7) is 7.93. The highest BCUT2D eigenvalue weighted by atomic mass is 16.6. The van der Waals surface area contributed by atoms with Gasteiger partial charge in [0.2, 0.25) is 5.52 Å². The van der Waals surface area contributed by atoms with E-state index in [-0.39, 0.29) is 11.2 Å². The van der Waals surface area contributed by atoms with E-state index in [9.17, 15) is 10.1 Å². The van der Waals surface area contributed by atoms with E-state index in [1.54, 1.807) is 6.07 Å². The summed E-state index contributed by atoms with van der Waals surface area (Å²) in [7, 11) is 1.93. The molecule has 114 valence electrons. The summed E-state index contributed by atoms with van der Waals surface area (Å²) in [5.74, 6) is 0. The number of anilines is 1. The van der Waals surface area contributed by atoms with Crippen LogP contribution in [-0.4, -0.2) is 53.4 Å². The first-order chi connectivity index (χ1) is 10.1. The number of likely N-dealkylation sites (N-methyl/N-ethyl adjacent to an activating group) is 2. The molecule has 0 aliphatic heterocycles. The van der Waals surface area contributed by atoms with E-state index in [0.29, 0.717) is 5.52 Å². The summed E-state index contributed by atoms with van der Waals surface area (Å²) >= 11 is 0. The second-order valence-corrected chi connectivity index (χ2v) is 4.77. The average Bonchev–Trinajstić information content (AvgIpc) is 2.96. The van der Waals surface area contributed by atoms with Gasteiger partial charge < -0.3 is 9.80 Å². The van der Waals surface area contributed by atoms with Crippen molar-refractivity contribution in [2.24, 2.45) is 0 Å². The molecule has 0 saturated carbocycles. The van der Waals surface area contributed by atoms with Crippen molar-refractivity contribution >= 4 is 22.4 Å². The second-order valence-electron chi connectivity index (χ2n) is 4.77. The van der Waals surface area contributed by atoms with E-state index in [1.807, 2.05) is 11.9 Å². The molecule has 1 heterocycles. The lowest BCUT2D eigenvalue weighted by molar-refractivity contribution is -0.383. The number of rotatable bonds is 7. The molecule has 0 saturated heterocycles. The number of nitrogens with zero attached hydrogens (tertiary/aromatic N) is 5. The Labute approximate surface area is 122 Å². The van der Waals surface area contributed by atoms with Crippen molar-refractivity contribution in [3.63, 3.8) is 0 Å². The van der Waals surface area contributed by atoms with E-state index in [1.165, 1.54) is 6.07 Å². The van der Waals surface area contributed by atoms with Crippen LogP contribution < -0.4 is 4.90 Å². The fraction of sp³-hybridized carbons (Fsp3) is 0.538. The number of fused-ring (bicyclic) bond motifs is 1. The van der Waals surface area contributed by atoms with Gasteiger partial charge in [-0.05, 0) is 29.5 Å². The molecule has 0 spiro atoms. The Balaban J connectivity index is 2.24. The van der Waals surface area contributed by atoms with E-state index >= 15 is 0 Å². The lowest BCUT2D eigenvalue weighted by Crippen LogP contribution is -2.33. The second kappa shape index (κ2) is 6.49. The Morgan fingerprint density at radius 2 is 1.86 bits per heavy atom. The summed E-state index contributed by atoms with van der Waals surface area (Å²) < 4.78 is 4.67. The molecule has 8 heteroatoms. The number of benzene rings is 1. The molecule has 1 aromatic carbocycles. The number of hydrogen-bond acceptors (Lipinski definition) is 7. The van der Waals surface area contributed by atoms with Crippen LogP contribution in [0.5, 0.6) is 0 Å². The standard InChI is InChI=1S/C13H19N5O3/c1-4-17(5-2)9-8-16(3)10-6-7-11(18(19)20)13-12(10)14-21-15-13/h6-7H,4-5,8-9H2,1-3H3. The van der Waals surface area contributed by atoms with Gasteiger partial charge in [0, 0.05) is 26.2 Å². The molecule has 2 aromatic rings. The third-order valence-corrected chi connectivity index (χ3v) is 3.63. The SMILES string of the molecule is CCN(CC)CCN(C)c1ccc([N+](=O)[O-])c2nonc12. The zero-order valence-electron chi connectivity index (χ0n) is 12.4. The van der Waals surface area contributed by atoms with Crippen molar-refractivity contribution in [1.82, 2.24) is 15.2 Å². The summed E-state index contributed by atoms with van der Waals surface area (Å²) in [6.07, 6.45) is 0. The van der Waals surface area contributed by atoms with Gasteiger partial charge in [-0.1, -0.05) is 13.8 Å². The number of nitro benzene ring substituents is 1. The highest BCUT2D eigenvalue weighted by molar-refractivity contribution is 5.93. The van der Waals surface area contributed by atoms with Crippen LogP contribution in [0.3, 0.4) is 0 Å². The predicted octanol–water partition coefficient (Wildman–Crippen LogP) is 1.91. The van der Waals surface area contributed by atoms with Crippen molar-refractivity contribution in [1.29, 1.82) is 0 Å². The van der Waals surface area contributed by atoms with Gasteiger partial charge in [0.15, 0.2) is 5.52 Å². The molecule has 0 bridgehead atoms. The Morgan fingerprint density at radius 1 is 1.19 bits per heavy atom. The predicted molar refractivity (Wildman–Crippen MR) is 79.5 cm³/mol. The number of nitro groups is 1. The first-order valence-electron chi connectivity index (χ1n) is 6.91. The van der Waals surface area contributed by atoms with Gasteiger partial charge in [0.25, 0.3) is 0 Å². The molecule has 0 unspecified atom stereocenters. The van der Waals surface area contributed by atoms with Crippen LogP contribution in [-0.2, 0) is 0 Å². The van der Waals surface area contributed by atoms with Crippen LogP contribution in [0.1, 0.15) is 13.8 Å². The van der Waals surface area contributed by atoms with Gasteiger partial charge in [-0.15, -0.1) is 0 Å². The summed E-state index contributed by atoms with van der Waals surface area (Å²) in [5, 5.41) is 18.4. The fourth-order valence-electron chi connectivity index (χ4n) is 2.25. The van der Waals surface area contributed by atoms with Crippen LogP contribution in [0.2, 0.25) is 0 Å². The highest BCUT2D eigenvalue weighted by Gasteiger charge is 2.21. The maximum Gasteiger partial charge on any atom is 0.300 e. The van der Waals surface area contributed by atoms with Gasteiger partial charge in [0.05, 0.1) is 10.6 Å². The largest absolute Gasteiger partial charge is 0.371 e. The average molecular weight is 293 g/mol. The van der Waals surface area contributed by atoms with Gasteiger partial charge >= 0.3 is 5.69 Å². The molecular formula is C13H19N5O3. The van der Waals surface area contributed by atoms with Gasteiger partial charge in [-0.3, -0.25) is 10.1 Å². The van der Waals surface area contributed by atoms with E-state index < -0.39 is 4.92 Å². The summed E-state index contributed by atoms with van der Waals surface area (Å²) in [5.41, 5.74) is 1.30. The van der Waals surface area contributed by atoms with Gasteiger partial charge in [0.1, 0.15) is 0 Å². The van der Waals surface area contributed by atoms with Gasteiger partial charge in [-0.2, -0.15) is 0 Å². The Hall–Kier alpha value is -2.22. The fourth-order valence-corrected chi connectivity index (χ4v) is 2.25. The van der Waals surface area contributed by atoms with Crippen molar-refractivity contribution in [3.8, 4) is 0 Å². The van der Waals surface area contributed by atoms with E-state index in [2.05, 4.69) is 33.7 Å². The van der Waals surface area contributed by atoms with Crippen molar-refractivity contribution < 1.29 is 9.55 Å². The topological polar surface area (TPSA) is 88.5 Å². The Kier molecular flexibility index (Phi) is 4.69. The zero-order chi connectivity index (χ0) is 15.4. The highest BCUT2D eigenvalue weighted by Crippen LogP contribution is 2.30.